The van der Waals surface area contributed by atoms with Gasteiger partial charge in [0.1, 0.15) is 11.8 Å². The predicted octanol–water partition coefficient (Wildman–Crippen LogP) is 1.87. The summed E-state index contributed by atoms with van der Waals surface area (Å²) in [6, 6.07) is 6.76. The Morgan fingerprint density at radius 2 is 2.44 bits per heavy atom. The molecular formula is C11H13BrN4O2. The molecule has 1 amide bonds. The first kappa shape index (κ1) is 14.0. The Morgan fingerprint density at radius 1 is 1.72 bits per heavy atom. The highest BCUT2D eigenvalue weighted by atomic mass is 79.9. The maximum Gasteiger partial charge on any atom is 0.280 e. The molecule has 0 atom stereocenters. The van der Waals surface area contributed by atoms with Gasteiger partial charge in [0.15, 0.2) is 0 Å². The van der Waals surface area contributed by atoms with Crippen LogP contribution in [-0.4, -0.2) is 18.2 Å². The van der Waals surface area contributed by atoms with E-state index in [-0.39, 0.29) is 1.43 Å². The van der Waals surface area contributed by atoms with Crippen molar-refractivity contribution in [2.75, 3.05) is 12.0 Å². The molecule has 0 saturated heterocycles. The summed E-state index contributed by atoms with van der Waals surface area (Å²) >= 11 is 3.33. The number of carbonyl (C=O) groups excluding carboxylic acids is 1. The molecule has 3 N–H and O–H groups in total. The number of nitrogens with one attached hydrogen (secondary N) is 1. The van der Waals surface area contributed by atoms with Crippen LogP contribution in [0.15, 0.2) is 27.8 Å². The van der Waals surface area contributed by atoms with Crippen molar-refractivity contribution in [1.82, 2.24) is 0 Å². The number of nitrogens with two attached hydrogens (primary N) is 1. The highest BCUT2D eigenvalue weighted by molar-refractivity contribution is 9.10. The number of hydrogen-bond acceptors (Lipinski definition) is 5. The van der Waals surface area contributed by atoms with Gasteiger partial charge in [0.05, 0.1) is 16.8 Å². The number of ether oxygens (including phenoxy) is 1. The molecule has 0 saturated carbocycles. The summed E-state index contributed by atoms with van der Waals surface area (Å²) < 4.78 is 6.17. The van der Waals surface area contributed by atoms with E-state index in [1.807, 2.05) is 6.92 Å². The number of amides is 1. The van der Waals surface area contributed by atoms with Gasteiger partial charge < -0.3 is 10.5 Å². The van der Waals surface area contributed by atoms with E-state index < -0.39 is 11.6 Å². The van der Waals surface area contributed by atoms with Crippen molar-refractivity contribution in [2.24, 2.45) is 10.8 Å². The Bertz CT molecular complexity index is 528. The van der Waals surface area contributed by atoms with Gasteiger partial charge in [-0.05, 0) is 35.0 Å². The summed E-state index contributed by atoms with van der Waals surface area (Å²) in [6.07, 6.45) is 0. The van der Waals surface area contributed by atoms with Crippen molar-refractivity contribution in [3.8, 4) is 11.8 Å². The largest absolute Gasteiger partial charge is 0.493 e. The van der Waals surface area contributed by atoms with Crippen molar-refractivity contribution >= 4 is 33.2 Å². The minimum atomic E-state index is -0.882. The molecule has 0 unspecified atom stereocenters. The Balaban J connectivity index is 0.00000324. The standard InChI is InChI=1S/C11H11BrN4O2.H2/c1-2-18-10-5-7(3-4-8(10)12)15-16-9(6-13)11(14)17;/h3-5,15H,2H2,1H3,(H2,14,17);1H/b16-9+;. The molecule has 0 radical (unpaired) electrons. The predicted molar refractivity (Wildman–Crippen MR) is 73.3 cm³/mol. The van der Waals surface area contributed by atoms with Gasteiger partial charge in [0.25, 0.3) is 5.91 Å². The fraction of sp³-hybridized carbons (Fsp3) is 0.182. The molecule has 1 aromatic carbocycles. The van der Waals surface area contributed by atoms with Crippen LogP contribution in [0.4, 0.5) is 5.69 Å². The lowest BCUT2D eigenvalue weighted by molar-refractivity contribution is -0.111. The second-order valence-electron chi connectivity index (χ2n) is 3.13. The van der Waals surface area contributed by atoms with E-state index in [0.29, 0.717) is 18.0 Å². The van der Waals surface area contributed by atoms with Crippen LogP contribution in [0.25, 0.3) is 0 Å². The van der Waals surface area contributed by atoms with Crippen LogP contribution in [0.3, 0.4) is 0 Å². The SMILES string of the molecule is CCOc1cc(N/N=C(\C#N)C(N)=O)ccc1Br.[HH]. The smallest absolute Gasteiger partial charge is 0.280 e. The van der Waals surface area contributed by atoms with Crippen LogP contribution < -0.4 is 15.9 Å². The number of primary amides is 1. The number of hydrazone groups is 1. The van der Waals surface area contributed by atoms with Gasteiger partial charge in [0, 0.05) is 7.49 Å². The zero-order valence-corrected chi connectivity index (χ0v) is 11.2. The van der Waals surface area contributed by atoms with Crippen LogP contribution in [0.2, 0.25) is 0 Å². The highest BCUT2D eigenvalue weighted by Crippen LogP contribution is 2.28. The number of carbonyl (C=O) groups is 1. The van der Waals surface area contributed by atoms with E-state index >= 15 is 0 Å². The van der Waals surface area contributed by atoms with Crippen molar-refractivity contribution in [3.63, 3.8) is 0 Å². The number of anilines is 1. The number of rotatable bonds is 5. The van der Waals surface area contributed by atoms with Crippen molar-refractivity contribution in [1.29, 1.82) is 5.26 Å². The molecule has 7 heteroatoms. The van der Waals surface area contributed by atoms with E-state index in [9.17, 15) is 4.79 Å². The Kier molecular flexibility index (Phi) is 5.14. The summed E-state index contributed by atoms with van der Waals surface area (Å²) in [5.74, 6) is -0.248. The molecule has 0 aliphatic rings. The fourth-order valence-corrected chi connectivity index (χ4v) is 1.46. The van der Waals surface area contributed by atoms with E-state index in [0.717, 1.165) is 4.47 Å². The molecule has 0 aliphatic carbocycles. The van der Waals surface area contributed by atoms with E-state index in [2.05, 4.69) is 26.5 Å². The van der Waals surface area contributed by atoms with E-state index in [1.165, 1.54) is 0 Å². The molecular weight excluding hydrogens is 300 g/mol. The van der Waals surface area contributed by atoms with Crippen molar-refractivity contribution in [2.45, 2.75) is 6.92 Å². The van der Waals surface area contributed by atoms with Crippen LogP contribution >= 0.6 is 15.9 Å². The lowest BCUT2D eigenvalue weighted by Gasteiger charge is -2.07. The van der Waals surface area contributed by atoms with E-state index in [1.54, 1.807) is 24.3 Å². The minimum Gasteiger partial charge on any atom is -0.493 e. The molecule has 1 aromatic rings. The molecule has 0 heterocycles. The van der Waals surface area contributed by atoms with Gasteiger partial charge in [-0.15, -0.1) is 0 Å². The van der Waals surface area contributed by atoms with Gasteiger partial charge in [-0.3, -0.25) is 10.2 Å². The molecule has 0 fully saturated rings. The van der Waals surface area contributed by atoms with Gasteiger partial charge in [-0.2, -0.15) is 10.4 Å². The molecule has 0 bridgehead atoms. The summed E-state index contributed by atoms with van der Waals surface area (Å²) in [5.41, 5.74) is 7.70. The number of halogens is 1. The summed E-state index contributed by atoms with van der Waals surface area (Å²) in [4.78, 5) is 10.8. The first-order valence-electron chi connectivity index (χ1n) is 5.04. The first-order valence-corrected chi connectivity index (χ1v) is 5.83. The topological polar surface area (TPSA) is 100 Å². The molecule has 0 spiro atoms. The molecule has 18 heavy (non-hydrogen) atoms. The number of nitrogens with zero attached hydrogens (tertiary/aromatic N) is 2. The van der Waals surface area contributed by atoms with Crippen LogP contribution in [-0.2, 0) is 4.79 Å². The number of benzene rings is 1. The van der Waals surface area contributed by atoms with Gasteiger partial charge in [0.2, 0.25) is 5.71 Å². The second kappa shape index (κ2) is 6.61. The maximum absolute atomic E-state index is 10.8. The van der Waals surface area contributed by atoms with Crippen LogP contribution in [0, 0.1) is 11.3 Å². The maximum atomic E-state index is 10.8. The number of hydrogen-bond donors (Lipinski definition) is 2. The van der Waals surface area contributed by atoms with Gasteiger partial charge in [-0.25, -0.2) is 0 Å². The lowest BCUT2D eigenvalue weighted by Crippen LogP contribution is -2.22. The zero-order chi connectivity index (χ0) is 13.5. The quantitative estimate of drug-likeness (QED) is 0.640. The Hall–Kier alpha value is -2.07. The molecule has 0 aliphatic heterocycles. The fourth-order valence-electron chi connectivity index (χ4n) is 1.09. The average molecular weight is 313 g/mol. The summed E-state index contributed by atoms with van der Waals surface area (Å²) in [6.45, 7) is 2.39. The minimum absolute atomic E-state index is 0. The summed E-state index contributed by atoms with van der Waals surface area (Å²) in [5, 5.41) is 12.2. The molecule has 1 rings (SSSR count). The van der Waals surface area contributed by atoms with E-state index in [4.69, 9.17) is 15.7 Å². The third-order valence-corrected chi connectivity index (χ3v) is 2.52. The van der Waals surface area contributed by atoms with Crippen molar-refractivity contribution < 1.29 is 11.0 Å². The summed E-state index contributed by atoms with van der Waals surface area (Å²) in [7, 11) is 0. The normalized spacial score (nSPS) is 10.6. The number of nitriles is 1. The lowest BCUT2D eigenvalue weighted by atomic mass is 10.3. The third kappa shape index (κ3) is 3.75. The Labute approximate surface area is 114 Å². The third-order valence-electron chi connectivity index (χ3n) is 1.87. The second-order valence-corrected chi connectivity index (χ2v) is 3.98. The molecule has 96 valence electrons. The van der Waals surface area contributed by atoms with Gasteiger partial charge in [-0.1, -0.05) is 0 Å². The molecule has 6 nitrogen and oxygen atoms in total. The average Bonchev–Trinajstić information content (AvgIpc) is 2.33. The van der Waals surface area contributed by atoms with Gasteiger partial charge >= 0.3 is 0 Å². The first-order chi connectivity index (χ1) is 8.58. The highest BCUT2D eigenvalue weighted by Gasteiger charge is 2.06. The van der Waals surface area contributed by atoms with Crippen LogP contribution in [0.1, 0.15) is 8.35 Å². The molecule has 0 aromatic heterocycles. The zero-order valence-electron chi connectivity index (χ0n) is 9.61. The van der Waals surface area contributed by atoms with Crippen LogP contribution in [0.5, 0.6) is 5.75 Å². The Morgan fingerprint density at radius 3 is 3.00 bits per heavy atom. The monoisotopic (exact) mass is 312 g/mol. The van der Waals surface area contributed by atoms with Crippen molar-refractivity contribution in [3.05, 3.63) is 22.7 Å².